The minimum Gasteiger partial charge on any atom is -0.352 e. The van der Waals surface area contributed by atoms with Crippen LogP contribution in [0.15, 0.2) is 33.9 Å². The summed E-state index contributed by atoms with van der Waals surface area (Å²) in [4.78, 5) is 56.9. The molecule has 0 radical (unpaired) electrons. The first-order chi connectivity index (χ1) is 25.3. The van der Waals surface area contributed by atoms with Gasteiger partial charge in [0.1, 0.15) is 5.82 Å². The third-order valence-electron chi connectivity index (χ3n) is 10.3. The lowest BCUT2D eigenvalue weighted by atomic mass is 10.0. The molecule has 1 aliphatic heterocycles. The first-order valence-electron chi connectivity index (χ1n) is 19.7. The molecule has 280 valence electrons. The molecule has 3 aromatic heterocycles. The van der Waals surface area contributed by atoms with Crippen molar-refractivity contribution < 1.29 is 4.79 Å². The van der Waals surface area contributed by atoms with Gasteiger partial charge in [-0.05, 0) is 39.2 Å². The Labute approximate surface area is 308 Å². The van der Waals surface area contributed by atoms with Crippen molar-refractivity contribution in [3.8, 4) is 11.8 Å². The average molecular weight is 711 g/mol. The normalized spacial score (nSPS) is 14.5. The lowest BCUT2D eigenvalue weighted by Gasteiger charge is -2.34. The number of aromatic nitrogens is 6. The minimum atomic E-state index is -0.485. The number of para-hydroxylation sites is 1. The summed E-state index contributed by atoms with van der Waals surface area (Å²) >= 11 is 0. The molecule has 1 saturated heterocycles. The molecule has 0 bridgehead atoms. The number of nitrogens with one attached hydrogen (secondary N) is 1. The number of unbranched alkanes of at least 4 members (excludes halogenated alkanes) is 12. The van der Waals surface area contributed by atoms with E-state index >= 15 is 0 Å². The Morgan fingerprint density at radius 2 is 1.58 bits per heavy atom. The predicted octanol–water partition coefficient (Wildman–Crippen LogP) is 6.79. The van der Waals surface area contributed by atoms with E-state index in [1.807, 2.05) is 35.8 Å². The highest BCUT2D eigenvalue weighted by atomic mass is 16.2. The molecule has 1 fully saturated rings. The quantitative estimate of drug-likeness (QED) is 0.0841. The van der Waals surface area contributed by atoms with Crippen molar-refractivity contribution in [2.45, 2.75) is 143 Å². The van der Waals surface area contributed by atoms with Crippen molar-refractivity contribution in [1.29, 1.82) is 0 Å². The second-order valence-corrected chi connectivity index (χ2v) is 14.4. The SMILES string of the molecule is CC#CCn1c(N2CCC[C@@H](NC(=O)CCCCCCCCCCCCCCC)C2)nc2c1c(=O)n(Cc1nc(C)c3ccccc3n1)c(=O)n2C. The summed E-state index contributed by atoms with van der Waals surface area (Å²) in [6.07, 6.45) is 18.9. The van der Waals surface area contributed by atoms with Gasteiger partial charge in [-0.3, -0.25) is 23.3 Å². The Morgan fingerprint density at radius 1 is 0.904 bits per heavy atom. The highest BCUT2D eigenvalue weighted by Gasteiger charge is 2.28. The van der Waals surface area contributed by atoms with E-state index in [0.29, 0.717) is 35.9 Å². The largest absolute Gasteiger partial charge is 0.352 e. The summed E-state index contributed by atoms with van der Waals surface area (Å²) in [5, 5.41) is 4.19. The average Bonchev–Trinajstić information content (AvgIpc) is 3.53. The van der Waals surface area contributed by atoms with Gasteiger partial charge in [0.05, 0.1) is 18.6 Å². The number of nitrogens with zero attached hydrogens (tertiary/aromatic N) is 7. The summed E-state index contributed by atoms with van der Waals surface area (Å²) < 4.78 is 4.42. The van der Waals surface area contributed by atoms with Crippen molar-refractivity contribution in [2.75, 3.05) is 18.0 Å². The van der Waals surface area contributed by atoms with Crippen LogP contribution in [0.4, 0.5) is 5.95 Å². The standard InChI is InChI=1S/C41H58N8O3/c1-5-7-9-10-11-12-13-14-15-16-17-18-19-26-36(50)43-32-23-22-27-47(29-32)40-45-38-37(48(40)28-8-6-2)39(51)49(41(52)46(38)4)30-35-42-31(3)33-24-20-21-25-34(33)44-35/h20-21,24-25,32H,5,7,9-19,22-23,26-30H2,1-4H3,(H,43,50)/t32-/m1/s1. The zero-order valence-electron chi connectivity index (χ0n) is 31.9. The van der Waals surface area contributed by atoms with Crippen LogP contribution >= 0.6 is 0 Å². The van der Waals surface area contributed by atoms with Crippen LogP contribution < -0.4 is 21.5 Å². The number of fused-ring (bicyclic) bond motifs is 2. The Kier molecular flexibility index (Phi) is 14.5. The maximum Gasteiger partial charge on any atom is 0.332 e. The van der Waals surface area contributed by atoms with E-state index in [9.17, 15) is 14.4 Å². The summed E-state index contributed by atoms with van der Waals surface area (Å²) in [5.41, 5.74) is 1.23. The van der Waals surface area contributed by atoms with Crippen molar-refractivity contribution in [3.63, 3.8) is 0 Å². The van der Waals surface area contributed by atoms with Crippen molar-refractivity contribution >= 4 is 33.9 Å². The number of anilines is 1. The predicted molar refractivity (Wildman–Crippen MR) is 210 cm³/mol. The number of hydrogen-bond acceptors (Lipinski definition) is 7. The number of benzene rings is 1. The molecule has 4 heterocycles. The molecule has 0 unspecified atom stereocenters. The van der Waals surface area contributed by atoms with Crippen LogP contribution in [-0.4, -0.2) is 53.7 Å². The van der Waals surface area contributed by atoms with Crippen LogP contribution in [0.2, 0.25) is 0 Å². The van der Waals surface area contributed by atoms with E-state index in [0.717, 1.165) is 48.8 Å². The molecule has 0 saturated carbocycles. The summed E-state index contributed by atoms with van der Waals surface area (Å²) in [6, 6.07) is 7.67. The summed E-state index contributed by atoms with van der Waals surface area (Å²) in [5.74, 6) is 7.10. The van der Waals surface area contributed by atoms with Crippen LogP contribution in [0, 0.1) is 18.8 Å². The molecule has 11 heteroatoms. The topological polar surface area (TPSA) is 120 Å². The molecule has 0 spiro atoms. The second-order valence-electron chi connectivity index (χ2n) is 14.4. The van der Waals surface area contributed by atoms with E-state index < -0.39 is 11.2 Å². The number of imidazole rings is 1. The highest BCUT2D eigenvalue weighted by Crippen LogP contribution is 2.24. The van der Waals surface area contributed by atoms with Crippen LogP contribution in [0.1, 0.15) is 128 Å². The number of aryl methyl sites for hydroxylation is 2. The van der Waals surface area contributed by atoms with Crippen molar-refractivity contribution in [1.82, 2.24) is 34.0 Å². The first-order valence-corrected chi connectivity index (χ1v) is 19.7. The summed E-state index contributed by atoms with van der Waals surface area (Å²) in [6.45, 7) is 7.39. The van der Waals surface area contributed by atoms with Crippen LogP contribution in [0.5, 0.6) is 0 Å². The van der Waals surface area contributed by atoms with Gasteiger partial charge in [0.25, 0.3) is 5.56 Å². The van der Waals surface area contributed by atoms with Crippen LogP contribution in [-0.2, 0) is 24.9 Å². The van der Waals surface area contributed by atoms with Gasteiger partial charge in [0.2, 0.25) is 11.9 Å². The Balaban J connectivity index is 1.20. The highest BCUT2D eigenvalue weighted by molar-refractivity contribution is 5.80. The monoisotopic (exact) mass is 710 g/mol. The molecule has 4 aromatic rings. The maximum atomic E-state index is 14.1. The van der Waals surface area contributed by atoms with Gasteiger partial charge in [-0.1, -0.05) is 108 Å². The molecule has 1 atom stereocenters. The second kappa shape index (κ2) is 19.4. The molecular weight excluding hydrogens is 653 g/mol. The van der Waals surface area contributed by atoms with Gasteiger partial charge >= 0.3 is 5.69 Å². The fourth-order valence-electron chi connectivity index (χ4n) is 7.44. The van der Waals surface area contributed by atoms with E-state index in [-0.39, 0.29) is 25.0 Å². The Hall–Kier alpha value is -4.46. The minimum absolute atomic E-state index is 0.0255. The molecule has 52 heavy (non-hydrogen) atoms. The fourth-order valence-corrected chi connectivity index (χ4v) is 7.44. The molecule has 1 amide bonds. The zero-order chi connectivity index (χ0) is 36.9. The third-order valence-corrected chi connectivity index (χ3v) is 10.3. The number of piperidine rings is 1. The third kappa shape index (κ3) is 9.90. The van der Waals surface area contributed by atoms with Crippen molar-refractivity contribution in [2.24, 2.45) is 7.05 Å². The molecule has 1 aromatic carbocycles. The van der Waals surface area contributed by atoms with E-state index in [1.54, 1.807) is 14.0 Å². The zero-order valence-corrected chi connectivity index (χ0v) is 31.9. The van der Waals surface area contributed by atoms with Crippen LogP contribution in [0.3, 0.4) is 0 Å². The molecule has 1 aliphatic rings. The lowest BCUT2D eigenvalue weighted by molar-refractivity contribution is -0.122. The number of rotatable bonds is 19. The molecular formula is C41H58N8O3. The van der Waals surface area contributed by atoms with Gasteiger partial charge in [-0.25, -0.2) is 14.8 Å². The smallest absolute Gasteiger partial charge is 0.332 e. The van der Waals surface area contributed by atoms with E-state index in [4.69, 9.17) is 4.98 Å². The number of carbonyl (C=O) groups excluding carboxylic acids is 1. The maximum absolute atomic E-state index is 14.1. The van der Waals surface area contributed by atoms with Crippen molar-refractivity contribution in [3.05, 3.63) is 56.6 Å². The van der Waals surface area contributed by atoms with Gasteiger partial charge in [-0.2, -0.15) is 4.98 Å². The molecule has 1 N–H and O–H groups in total. The van der Waals surface area contributed by atoms with Gasteiger partial charge in [-0.15, -0.1) is 5.92 Å². The first kappa shape index (κ1) is 38.8. The Morgan fingerprint density at radius 3 is 2.27 bits per heavy atom. The Bertz CT molecular complexity index is 1980. The van der Waals surface area contributed by atoms with E-state index in [2.05, 4.69) is 38.9 Å². The molecule has 0 aliphatic carbocycles. The lowest BCUT2D eigenvalue weighted by Crippen LogP contribution is -2.48. The molecule has 5 rings (SSSR count). The van der Waals surface area contributed by atoms with Gasteiger partial charge < -0.3 is 10.2 Å². The van der Waals surface area contributed by atoms with Gasteiger partial charge in [0, 0.05) is 43.7 Å². The fraction of sp³-hybridized carbons (Fsp3) is 0.610. The van der Waals surface area contributed by atoms with Crippen LogP contribution in [0.25, 0.3) is 22.1 Å². The van der Waals surface area contributed by atoms with Gasteiger partial charge in [0.15, 0.2) is 11.2 Å². The van der Waals surface area contributed by atoms with E-state index in [1.165, 1.54) is 79.8 Å². The number of amides is 1. The number of hydrogen-bond donors (Lipinski definition) is 1. The summed E-state index contributed by atoms with van der Waals surface area (Å²) in [7, 11) is 1.63. The molecule has 11 nitrogen and oxygen atoms in total. The number of carbonyl (C=O) groups is 1.